The first-order chi connectivity index (χ1) is 8.99. The fourth-order valence-corrected chi connectivity index (χ4v) is 1.81. The quantitative estimate of drug-likeness (QED) is 0.552. The summed E-state index contributed by atoms with van der Waals surface area (Å²) in [4.78, 5) is 2.44. The Morgan fingerprint density at radius 2 is 1.58 bits per heavy atom. The molecule has 0 fully saturated rings. The highest BCUT2D eigenvalue weighted by atomic mass is 16.5. The van der Waals surface area contributed by atoms with Gasteiger partial charge in [-0.15, -0.1) is 0 Å². The minimum atomic E-state index is 0.418. The number of nitrogens with zero attached hydrogens (tertiary/aromatic N) is 1. The Morgan fingerprint density at radius 3 is 2.16 bits per heavy atom. The molecule has 0 saturated heterocycles. The standard InChI is InChI=1S/C15H34N2O2/c1-15(2,3)7-8-16-9-11-17(12-14-19-5)10-6-13-18-4/h16H,6-14H2,1-5H3. The zero-order chi connectivity index (χ0) is 14.6. The van der Waals surface area contributed by atoms with Crippen molar-refractivity contribution in [1.29, 1.82) is 0 Å². The lowest BCUT2D eigenvalue weighted by molar-refractivity contribution is 0.133. The molecule has 0 radical (unpaired) electrons. The van der Waals surface area contributed by atoms with Gasteiger partial charge in [-0.25, -0.2) is 0 Å². The van der Waals surface area contributed by atoms with Gasteiger partial charge >= 0.3 is 0 Å². The van der Waals surface area contributed by atoms with Gasteiger partial charge in [-0.1, -0.05) is 20.8 Å². The van der Waals surface area contributed by atoms with Crippen LogP contribution in [0.25, 0.3) is 0 Å². The molecule has 19 heavy (non-hydrogen) atoms. The van der Waals surface area contributed by atoms with E-state index in [4.69, 9.17) is 9.47 Å². The van der Waals surface area contributed by atoms with Crippen LogP contribution in [0.5, 0.6) is 0 Å². The van der Waals surface area contributed by atoms with Gasteiger partial charge in [0.15, 0.2) is 0 Å². The van der Waals surface area contributed by atoms with Crippen LogP contribution in [-0.4, -0.2) is 65.1 Å². The van der Waals surface area contributed by atoms with Gasteiger partial charge < -0.3 is 14.8 Å². The van der Waals surface area contributed by atoms with Gasteiger partial charge in [-0.2, -0.15) is 0 Å². The Morgan fingerprint density at radius 1 is 0.895 bits per heavy atom. The second-order valence-electron chi connectivity index (χ2n) is 6.24. The molecule has 4 nitrogen and oxygen atoms in total. The molecule has 0 spiro atoms. The lowest BCUT2D eigenvalue weighted by Gasteiger charge is -2.23. The van der Waals surface area contributed by atoms with E-state index < -0.39 is 0 Å². The maximum Gasteiger partial charge on any atom is 0.0589 e. The van der Waals surface area contributed by atoms with Crippen molar-refractivity contribution in [2.75, 3.05) is 60.2 Å². The van der Waals surface area contributed by atoms with Gasteiger partial charge in [0.2, 0.25) is 0 Å². The summed E-state index contributed by atoms with van der Waals surface area (Å²) in [7, 11) is 3.52. The van der Waals surface area contributed by atoms with Crippen molar-refractivity contribution >= 4 is 0 Å². The van der Waals surface area contributed by atoms with Crippen LogP contribution >= 0.6 is 0 Å². The summed E-state index contributed by atoms with van der Waals surface area (Å²) in [6.45, 7) is 13.8. The van der Waals surface area contributed by atoms with Crippen LogP contribution in [0.2, 0.25) is 0 Å². The van der Waals surface area contributed by atoms with Crippen LogP contribution in [0.15, 0.2) is 0 Å². The molecule has 0 aliphatic heterocycles. The maximum atomic E-state index is 5.16. The summed E-state index contributed by atoms with van der Waals surface area (Å²) in [5, 5.41) is 3.53. The molecule has 0 aliphatic rings. The Hall–Kier alpha value is -0.160. The van der Waals surface area contributed by atoms with E-state index in [0.717, 1.165) is 52.4 Å². The van der Waals surface area contributed by atoms with Crippen molar-refractivity contribution in [1.82, 2.24) is 10.2 Å². The van der Waals surface area contributed by atoms with Crippen LogP contribution in [-0.2, 0) is 9.47 Å². The van der Waals surface area contributed by atoms with Gasteiger partial charge in [0.25, 0.3) is 0 Å². The van der Waals surface area contributed by atoms with E-state index in [1.165, 1.54) is 6.42 Å². The van der Waals surface area contributed by atoms with Crippen molar-refractivity contribution in [3.8, 4) is 0 Å². The number of hydrogen-bond donors (Lipinski definition) is 1. The van der Waals surface area contributed by atoms with Crippen molar-refractivity contribution in [2.45, 2.75) is 33.6 Å². The largest absolute Gasteiger partial charge is 0.385 e. The highest BCUT2D eigenvalue weighted by molar-refractivity contribution is 4.65. The minimum Gasteiger partial charge on any atom is -0.385 e. The molecule has 0 aromatic rings. The summed E-state index contributed by atoms with van der Waals surface area (Å²) in [6, 6.07) is 0. The molecule has 0 heterocycles. The number of methoxy groups -OCH3 is 2. The molecule has 0 rings (SSSR count). The van der Waals surface area contributed by atoms with Crippen LogP contribution in [0.3, 0.4) is 0 Å². The van der Waals surface area contributed by atoms with Gasteiger partial charge in [-0.05, 0) is 24.8 Å². The van der Waals surface area contributed by atoms with Gasteiger partial charge in [0.05, 0.1) is 6.61 Å². The zero-order valence-corrected chi connectivity index (χ0v) is 13.6. The summed E-state index contributed by atoms with van der Waals surface area (Å²) in [6.07, 6.45) is 2.30. The van der Waals surface area contributed by atoms with Crippen LogP contribution < -0.4 is 5.32 Å². The Balaban J connectivity index is 3.66. The fraction of sp³-hybridized carbons (Fsp3) is 1.00. The first-order valence-electron chi connectivity index (χ1n) is 7.40. The third-order valence-corrected chi connectivity index (χ3v) is 3.09. The Bertz CT molecular complexity index is 193. The molecule has 0 aliphatic carbocycles. The first kappa shape index (κ1) is 18.8. The summed E-state index contributed by atoms with van der Waals surface area (Å²) in [5.74, 6) is 0. The number of rotatable bonds is 12. The zero-order valence-electron chi connectivity index (χ0n) is 13.6. The van der Waals surface area contributed by atoms with Crippen molar-refractivity contribution in [3.05, 3.63) is 0 Å². The molecule has 1 N–H and O–H groups in total. The van der Waals surface area contributed by atoms with Crippen LogP contribution in [0.4, 0.5) is 0 Å². The summed E-state index contributed by atoms with van der Waals surface area (Å²) >= 11 is 0. The van der Waals surface area contributed by atoms with E-state index in [9.17, 15) is 0 Å². The highest BCUT2D eigenvalue weighted by Gasteiger charge is 2.09. The molecule has 0 bridgehead atoms. The molecular weight excluding hydrogens is 240 g/mol. The summed E-state index contributed by atoms with van der Waals surface area (Å²) in [5.41, 5.74) is 0.418. The van der Waals surface area contributed by atoms with E-state index in [2.05, 4.69) is 31.0 Å². The monoisotopic (exact) mass is 274 g/mol. The fourth-order valence-electron chi connectivity index (χ4n) is 1.81. The van der Waals surface area contributed by atoms with E-state index in [1.54, 1.807) is 14.2 Å². The SMILES string of the molecule is COCCCN(CCNCCC(C)(C)C)CCOC. The predicted molar refractivity (Wildman–Crippen MR) is 81.8 cm³/mol. The lowest BCUT2D eigenvalue weighted by Crippen LogP contribution is -2.36. The minimum absolute atomic E-state index is 0.418. The number of nitrogens with one attached hydrogen (secondary N) is 1. The van der Waals surface area contributed by atoms with E-state index in [0.29, 0.717) is 5.41 Å². The second-order valence-corrected chi connectivity index (χ2v) is 6.24. The third-order valence-electron chi connectivity index (χ3n) is 3.09. The first-order valence-corrected chi connectivity index (χ1v) is 7.40. The van der Waals surface area contributed by atoms with Crippen LogP contribution in [0.1, 0.15) is 33.6 Å². The van der Waals surface area contributed by atoms with E-state index in [-0.39, 0.29) is 0 Å². The normalized spacial score (nSPS) is 12.3. The van der Waals surface area contributed by atoms with Crippen molar-refractivity contribution in [3.63, 3.8) is 0 Å². The highest BCUT2D eigenvalue weighted by Crippen LogP contribution is 2.16. The Labute approximate surface area is 119 Å². The molecule has 4 heteroatoms. The van der Waals surface area contributed by atoms with Gasteiger partial charge in [0.1, 0.15) is 0 Å². The van der Waals surface area contributed by atoms with Crippen molar-refractivity contribution in [2.24, 2.45) is 5.41 Å². The number of ether oxygens (including phenoxy) is 2. The van der Waals surface area contributed by atoms with Gasteiger partial charge in [-0.3, -0.25) is 4.90 Å². The predicted octanol–water partition coefficient (Wildman–Crippen LogP) is 2.00. The molecule has 0 aromatic heterocycles. The Kier molecular flexibility index (Phi) is 11.6. The molecule has 116 valence electrons. The molecule has 0 atom stereocenters. The molecule has 0 unspecified atom stereocenters. The van der Waals surface area contributed by atoms with Gasteiger partial charge in [0, 0.05) is 47.0 Å². The smallest absolute Gasteiger partial charge is 0.0589 e. The van der Waals surface area contributed by atoms with Crippen LogP contribution in [0, 0.1) is 5.41 Å². The average molecular weight is 274 g/mol. The van der Waals surface area contributed by atoms with Crippen molar-refractivity contribution < 1.29 is 9.47 Å². The third kappa shape index (κ3) is 14.1. The molecule has 0 aromatic carbocycles. The average Bonchev–Trinajstić information content (AvgIpc) is 2.33. The van der Waals surface area contributed by atoms with E-state index in [1.807, 2.05) is 0 Å². The summed E-state index contributed by atoms with van der Waals surface area (Å²) < 4.78 is 10.3. The maximum absolute atomic E-state index is 5.16. The molecule has 0 saturated carbocycles. The topological polar surface area (TPSA) is 33.7 Å². The van der Waals surface area contributed by atoms with E-state index >= 15 is 0 Å². The molecule has 0 amide bonds. The lowest BCUT2D eigenvalue weighted by atomic mass is 9.92. The number of hydrogen-bond acceptors (Lipinski definition) is 4. The second kappa shape index (κ2) is 11.6. The molecular formula is C15H34N2O2.